The van der Waals surface area contributed by atoms with Gasteiger partial charge in [0.05, 0.1) is 35.9 Å². The molecule has 4 heterocycles. The van der Waals surface area contributed by atoms with E-state index in [-0.39, 0.29) is 50.8 Å². The molecule has 370 valence electrons. The predicted molar refractivity (Wildman–Crippen MR) is 248 cm³/mol. The lowest BCUT2D eigenvalue weighted by molar-refractivity contribution is -0.139. The highest BCUT2D eigenvalue weighted by Gasteiger charge is 2.43. The van der Waals surface area contributed by atoms with Gasteiger partial charge in [0.1, 0.15) is 47.9 Å². The minimum absolute atomic E-state index is 0.00291. The van der Waals surface area contributed by atoms with Gasteiger partial charge < -0.3 is 39.8 Å². The molecule has 4 aromatic rings. The first-order chi connectivity index (χ1) is 31.9. The van der Waals surface area contributed by atoms with Gasteiger partial charge in [-0.25, -0.2) is 27.7 Å². The Bertz CT molecular complexity index is 2540. The summed E-state index contributed by atoms with van der Waals surface area (Å²) in [6, 6.07) is 5.74. The van der Waals surface area contributed by atoms with Crippen molar-refractivity contribution in [2.75, 3.05) is 27.2 Å². The maximum atomic E-state index is 15.7. The largest absolute Gasteiger partial charge is 0.465 e. The molecular weight excluding hydrogens is 888 g/mol. The smallest absolute Gasteiger partial charge is 0.410 e. The number of aromatic amines is 1. The van der Waals surface area contributed by atoms with E-state index in [0.717, 1.165) is 15.2 Å². The maximum absolute atomic E-state index is 15.7. The number of carboxylic acid groups (broad SMARTS) is 1. The summed E-state index contributed by atoms with van der Waals surface area (Å²) < 4.78 is 53.3. The van der Waals surface area contributed by atoms with Gasteiger partial charge in [-0.3, -0.25) is 29.0 Å². The number of benzene rings is 2. The number of imidazole rings is 1. The Kier molecular flexibility index (Phi) is 15.4. The molecule has 2 aliphatic heterocycles. The molecule has 0 bridgehead atoms. The molecule has 20 heteroatoms. The van der Waals surface area contributed by atoms with Gasteiger partial charge in [0.2, 0.25) is 23.6 Å². The van der Waals surface area contributed by atoms with Gasteiger partial charge in [0.25, 0.3) is 0 Å². The van der Waals surface area contributed by atoms with Crippen molar-refractivity contribution in [1.29, 1.82) is 0 Å². The van der Waals surface area contributed by atoms with E-state index in [1.807, 2.05) is 24.3 Å². The Morgan fingerprint density at radius 2 is 1.49 bits per heavy atom. The van der Waals surface area contributed by atoms with Crippen LogP contribution in [0.1, 0.15) is 80.2 Å². The van der Waals surface area contributed by atoms with Crippen LogP contribution in [0.2, 0.25) is 0 Å². The fraction of sp³-hybridized carbons (Fsp3) is 0.562. The van der Waals surface area contributed by atoms with Gasteiger partial charge >= 0.3 is 12.2 Å². The quantitative estimate of drug-likeness (QED) is 0.110. The number of ether oxygens (including phenoxy) is 1. The van der Waals surface area contributed by atoms with Crippen LogP contribution in [-0.4, -0.2) is 156 Å². The molecule has 2 aliphatic rings. The number of alkyl halides is 2. The average Bonchev–Trinajstić information content (AvgIpc) is 4.04. The molecular formula is C48H64F3N9O8. The molecule has 4 N–H and O–H groups in total. The number of rotatable bonds is 15. The normalized spacial score (nSPS) is 20.3. The first kappa shape index (κ1) is 51.1. The number of hydrogen-bond donors (Lipinski definition) is 4. The molecule has 68 heavy (non-hydrogen) atoms. The Morgan fingerprint density at radius 3 is 2.10 bits per heavy atom. The number of halogens is 3. The molecule has 0 unspecified atom stereocenters. The SMILES string of the molecule is CC[C@H](NC(=O)[C@H](C)N(C)C(=O)O)C(=O)N1C[C@@H](F)C[C@H]1Cc1c(-c2nc3cc(F)ccc3n2C[C@@H]2C[C@H](F)CN2C(=O)[C@@H](NC(=O)[C@H](C)N(C)C(=O)OC(C)(C)C)C(C)C)[nH]c2ccccc12. The fourth-order valence-electron chi connectivity index (χ4n) is 8.96. The van der Waals surface area contributed by atoms with Gasteiger partial charge in [0.15, 0.2) is 5.82 Å². The monoisotopic (exact) mass is 951 g/mol. The molecule has 0 saturated carbocycles. The number of carbonyl (C=O) groups is 6. The van der Waals surface area contributed by atoms with Crippen LogP contribution in [-0.2, 0) is 36.9 Å². The van der Waals surface area contributed by atoms with E-state index in [2.05, 4.69) is 15.6 Å². The topological polar surface area (TPSA) is 203 Å². The molecule has 0 aliphatic carbocycles. The van der Waals surface area contributed by atoms with Crippen LogP contribution in [0.25, 0.3) is 33.5 Å². The van der Waals surface area contributed by atoms with Crippen molar-refractivity contribution in [3.8, 4) is 11.5 Å². The number of aromatic nitrogens is 3. The minimum Gasteiger partial charge on any atom is -0.465 e. The zero-order valence-corrected chi connectivity index (χ0v) is 40.3. The van der Waals surface area contributed by atoms with Crippen molar-refractivity contribution in [3.05, 3.63) is 53.8 Å². The standard InChI is InChI=1S/C48H64F3N9O8/c1-11-35(54-42(61)26(4)56(9)46(65)66)44(63)58-22-29(50)18-31(58)21-34-33-14-12-13-15-36(33)52-40(34)41-53-37-20-28(49)16-17-38(37)60(41)24-32-19-30(51)23-59(32)45(64)39(25(2)3)55-43(62)27(5)57(10)47(67)68-48(6,7)8/h12-17,20,25-27,29-32,35,39,52H,11,18-19,21-24H2,1-10H3,(H,54,61)(H,55,62)(H,65,66)/t26-,27-,29-,30-,31-,32-,35-,39-/m0/s1. The third kappa shape index (κ3) is 11.0. The summed E-state index contributed by atoms with van der Waals surface area (Å²) in [6.07, 6.45) is -4.63. The van der Waals surface area contributed by atoms with Crippen molar-refractivity contribution in [2.45, 2.75) is 142 Å². The molecule has 6 amide bonds. The van der Waals surface area contributed by atoms with Crippen LogP contribution in [0, 0.1) is 11.7 Å². The summed E-state index contributed by atoms with van der Waals surface area (Å²) in [6.45, 7) is 12.7. The number of hydrogen-bond acceptors (Lipinski definition) is 8. The van der Waals surface area contributed by atoms with E-state index in [0.29, 0.717) is 28.1 Å². The van der Waals surface area contributed by atoms with E-state index in [1.54, 1.807) is 52.2 Å². The lowest BCUT2D eigenvalue weighted by Crippen LogP contribution is -2.57. The summed E-state index contributed by atoms with van der Waals surface area (Å²) in [5, 5.41) is 15.6. The van der Waals surface area contributed by atoms with E-state index < -0.39 is 102 Å². The van der Waals surface area contributed by atoms with Gasteiger partial charge in [-0.1, -0.05) is 39.0 Å². The van der Waals surface area contributed by atoms with Gasteiger partial charge in [-0.15, -0.1) is 0 Å². The van der Waals surface area contributed by atoms with Crippen LogP contribution >= 0.6 is 0 Å². The third-order valence-electron chi connectivity index (χ3n) is 13.0. The molecule has 2 saturated heterocycles. The van der Waals surface area contributed by atoms with Crippen molar-refractivity contribution < 1.29 is 51.8 Å². The molecule has 2 aromatic heterocycles. The second-order valence-corrected chi connectivity index (χ2v) is 19.4. The number of fused-ring (bicyclic) bond motifs is 2. The highest BCUT2D eigenvalue weighted by molar-refractivity contribution is 5.94. The van der Waals surface area contributed by atoms with E-state index in [1.165, 1.54) is 49.9 Å². The van der Waals surface area contributed by atoms with Crippen molar-refractivity contribution >= 4 is 57.8 Å². The summed E-state index contributed by atoms with van der Waals surface area (Å²) in [7, 11) is 2.66. The second kappa shape index (κ2) is 20.5. The first-order valence-electron chi connectivity index (χ1n) is 23.1. The number of likely N-dealkylation sites (N-methyl/N-ethyl adjacent to an activating group) is 2. The molecule has 8 atom stereocenters. The van der Waals surface area contributed by atoms with Crippen molar-refractivity contribution in [1.82, 2.24) is 44.8 Å². The van der Waals surface area contributed by atoms with E-state index in [4.69, 9.17) is 9.72 Å². The Labute approximate surface area is 393 Å². The summed E-state index contributed by atoms with van der Waals surface area (Å²) in [4.78, 5) is 92.9. The Balaban J connectivity index is 1.33. The summed E-state index contributed by atoms with van der Waals surface area (Å²) in [5.41, 5.74) is 1.79. The number of likely N-dealkylation sites (tertiary alicyclic amines) is 2. The lowest BCUT2D eigenvalue weighted by Gasteiger charge is -2.33. The zero-order chi connectivity index (χ0) is 50.1. The number of carbonyl (C=O) groups excluding carboxylic acids is 5. The average molecular weight is 952 g/mol. The number of H-pyrrole nitrogens is 1. The molecule has 2 aromatic carbocycles. The first-order valence-corrected chi connectivity index (χ1v) is 23.1. The Morgan fingerprint density at radius 1 is 0.882 bits per heavy atom. The molecule has 6 rings (SSSR count). The zero-order valence-electron chi connectivity index (χ0n) is 40.3. The molecule has 0 radical (unpaired) electrons. The lowest BCUT2D eigenvalue weighted by atomic mass is 9.99. The van der Waals surface area contributed by atoms with Crippen LogP contribution < -0.4 is 10.6 Å². The van der Waals surface area contributed by atoms with Crippen molar-refractivity contribution in [3.63, 3.8) is 0 Å². The number of nitrogens with zero attached hydrogens (tertiary/aromatic N) is 6. The van der Waals surface area contributed by atoms with Gasteiger partial charge in [-0.2, -0.15) is 0 Å². The third-order valence-corrected chi connectivity index (χ3v) is 13.0. The number of amides is 6. The van der Waals surface area contributed by atoms with Crippen LogP contribution in [0.3, 0.4) is 0 Å². The van der Waals surface area contributed by atoms with E-state index >= 15 is 8.78 Å². The second-order valence-electron chi connectivity index (χ2n) is 19.4. The maximum Gasteiger partial charge on any atom is 0.410 e. The highest BCUT2D eigenvalue weighted by Crippen LogP contribution is 2.37. The molecule has 2 fully saturated rings. The number of para-hydroxylation sites is 1. The highest BCUT2D eigenvalue weighted by atomic mass is 19.1. The predicted octanol–water partition coefficient (Wildman–Crippen LogP) is 6.03. The van der Waals surface area contributed by atoms with Crippen LogP contribution in [0.4, 0.5) is 22.8 Å². The number of nitrogens with one attached hydrogen (secondary N) is 3. The van der Waals surface area contributed by atoms with Crippen molar-refractivity contribution in [2.24, 2.45) is 5.92 Å². The summed E-state index contributed by atoms with van der Waals surface area (Å²) >= 11 is 0. The fourth-order valence-corrected chi connectivity index (χ4v) is 8.96. The van der Waals surface area contributed by atoms with Gasteiger partial charge in [-0.05, 0) is 77.1 Å². The molecule has 17 nitrogen and oxygen atoms in total. The molecule has 0 spiro atoms. The summed E-state index contributed by atoms with van der Waals surface area (Å²) in [5.74, 6) is -3.00. The minimum atomic E-state index is -1.42. The van der Waals surface area contributed by atoms with Crippen LogP contribution in [0.5, 0.6) is 0 Å². The van der Waals surface area contributed by atoms with Gasteiger partial charge in [0, 0.05) is 56.5 Å². The van der Waals surface area contributed by atoms with Crippen LogP contribution in [0.15, 0.2) is 42.5 Å². The Hall–Kier alpha value is -6.34. The van der Waals surface area contributed by atoms with E-state index in [9.17, 15) is 38.3 Å².